The number of pyridine rings is 1. The van der Waals surface area contributed by atoms with E-state index < -0.39 is 22.2 Å². The van der Waals surface area contributed by atoms with Gasteiger partial charge < -0.3 is 19.5 Å². The molecule has 0 amide bonds. The Bertz CT molecular complexity index is 1530. The number of benzene rings is 2. The van der Waals surface area contributed by atoms with Crippen LogP contribution < -0.4 is 14.8 Å². The Morgan fingerprint density at radius 3 is 2.46 bits per heavy atom. The molecule has 37 heavy (non-hydrogen) atoms. The van der Waals surface area contributed by atoms with Gasteiger partial charge in [-0.15, -0.1) is 0 Å². The number of nitrogens with zero attached hydrogens (tertiary/aromatic N) is 3. The molecule has 4 unspecified atom stereocenters. The third-order valence-corrected chi connectivity index (χ3v) is 8.12. The molecule has 2 N–H and O–H groups in total. The van der Waals surface area contributed by atoms with Gasteiger partial charge in [0.15, 0.2) is 0 Å². The Morgan fingerprint density at radius 2 is 1.65 bits per heavy atom. The van der Waals surface area contributed by atoms with Crippen molar-refractivity contribution in [1.29, 1.82) is 0 Å². The van der Waals surface area contributed by atoms with Gasteiger partial charge in [0.2, 0.25) is 16.0 Å². The first kappa shape index (κ1) is 23.7. The molecule has 0 saturated carbocycles. The first-order valence-corrected chi connectivity index (χ1v) is 13.3. The highest BCUT2D eigenvalue weighted by Gasteiger charge is 2.49. The van der Waals surface area contributed by atoms with E-state index in [1.54, 1.807) is 37.7 Å². The van der Waals surface area contributed by atoms with Crippen LogP contribution in [0.1, 0.15) is 0 Å². The highest BCUT2D eigenvalue weighted by atomic mass is 32.2. The first-order chi connectivity index (χ1) is 18.0. The number of hydrogen-bond acceptors (Lipinski definition) is 9. The molecule has 10 nitrogen and oxygen atoms in total. The van der Waals surface area contributed by atoms with Crippen LogP contribution >= 0.6 is 0 Å². The quantitative estimate of drug-likeness (QED) is 0.379. The van der Waals surface area contributed by atoms with Gasteiger partial charge in [0, 0.05) is 23.3 Å². The van der Waals surface area contributed by atoms with Crippen LogP contribution in [0.2, 0.25) is 0 Å². The van der Waals surface area contributed by atoms with Gasteiger partial charge in [-0.1, -0.05) is 18.2 Å². The van der Waals surface area contributed by atoms with E-state index in [4.69, 9.17) is 14.2 Å². The van der Waals surface area contributed by atoms with Crippen LogP contribution in [0.5, 0.6) is 5.75 Å². The topological polar surface area (TPSA) is 125 Å². The van der Waals surface area contributed by atoms with Crippen LogP contribution in [-0.2, 0) is 19.5 Å². The molecule has 2 fully saturated rings. The fraction of sp³-hybridized carbons (Fsp3) is 0.269. The summed E-state index contributed by atoms with van der Waals surface area (Å²) >= 11 is 0. The van der Waals surface area contributed by atoms with Crippen molar-refractivity contribution >= 4 is 26.9 Å². The largest absolute Gasteiger partial charge is 0.497 e. The molecule has 2 aliphatic rings. The minimum atomic E-state index is -3.85. The highest BCUT2D eigenvalue weighted by Crippen LogP contribution is 2.31. The SMILES string of the molecule is COc1ccc(-c2ccnc(NC3COC4C(NS(=O)(=O)c5cccc6cccnc56)COC34)n2)cc1. The molecule has 0 bridgehead atoms. The van der Waals surface area contributed by atoms with E-state index in [0.29, 0.717) is 18.1 Å². The lowest BCUT2D eigenvalue weighted by Crippen LogP contribution is -2.44. The zero-order valence-corrected chi connectivity index (χ0v) is 20.8. The predicted molar refractivity (Wildman–Crippen MR) is 137 cm³/mol. The van der Waals surface area contributed by atoms with E-state index in [0.717, 1.165) is 22.4 Å². The number of sulfonamides is 1. The van der Waals surface area contributed by atoms with Gasteiger partial charge in [-0.25, -0.2) is 23.1 Å². The molecule has 0 spiro atoms. The Balaban J connectivity index is 1.15. The molecule has 2 saturated heterocycles. The van der Waals surface area contributed by atoms with E-state index >= 15 is 0 Å². The van der Waals surface area contributed by atoms with Crippen LogP contribution in [0.3, 0.4) is 0 Å². The van der Waals surface area contributed by atoms with Crippen LogP contribution in [0.15, 0.2) is 78.0 Å². The second-order valence-corrected chi connectivity index (χ2v) is 10.6. The number of nitrogens with one attached hydrogen (secondary N) is 2. The van der Waals surface area contributed by atoms with Crippen LogP contribution in [0.25, 0.3) is 22.2 Å². The normalized spacial score (nSPS) is 23.2. The standard InChI is InChI=1S/C26H25N5O5S/c1-34-18-9-7-16(8-10-18)19-11-13-28-26(29-19)30-20-14-35-25-21(15-36-24(20)25)31-37(32,33)22-6-2-4-17-5-3-12-27-23(17)22/h2-13,20-21,24-25,31H,14-15H2,1H3,(H,28,29,30). The molecular weight excluding hydrogens is 494 g/mol. The van der Waals surface area contributed by atoms with Crippen LogP contribution in [0.4, 0.5) is 5.95 Å². The average Bonchev–Trinajstić information content (AvgIpc) is 3.51. The zero-order valence-electron chi connectivity index (χ0n) is 19.9. The molecule has 2 aromatic heterocycles. The zero-order chi connectivity index (χ0) is 25.4. The molecule has 2 aliphatic heterocycles. The van der Waals surface area contributed by atoms with Gasteiger partial charge in [-0.2, -0.15) is 0 Å². The lowest BCUT2D eigenvalue weighted by molar-refractivity contribution is 0.0690. The second kappa shape index (κ2) is 9.67. The number of anilines is 1. The number of fused-ring (bicyclic) bond motifs is 2. The third kappa shape index (κ3) is 4.62. The van der Waals surface area contributed by atoms with E-state index in [1.165, 1.54) is 0 Å². The Labute approximate surface area is 214 Å². The summed E-state index contributed by atoms with van der Waals surface area (Å²) in [6.07, 6.45) is 2.47. The molecule has 190 valence electrons. The lowest BCUT2D eigenvalue weighted by Gasteiger charge is -2.19. The number of hydrogen-bond donors (Lipinski definition) is 2. The average molecular weight is 520 g/mol. The molecule has 6 rings (SSSR count). The second-order valence-electron chi connectivity index (χ2n) is 8.90. The Kier molecular flexibility index (Phi) is 6.21. The van der Waals surface area contributed by atoms with Crippen molar-refractivity contribution in [3.63, 3.8) is 0 Å². The fourth-order valence-electron chi connectivity index (χ4n) is 4.80. The summed E-state index contributed by atoms with van der Waals surface area (Å²) in [5.74, 6) is 1.21. The first-order valence-electron chi connectivity index (χ1n) is 11.9. The van der Waals surface area contributed by atoms with E-state index in [-0.39, 0.29) is 23.6 Å². The Hall–Kier alpha value is -3.64. The third-order valence-electron chi connectivity index (χ3n) is 6.60. The summed E-state index contributed by atoms with van der Waals surface area (Å²) in [5.41, 5.74) is 2.12. The predicted octanol–water partition coefficient (Wildman–Crippen LogP) is 2.63. The van der Waals surface area contributed by atoms with Gasteiger partial charge in [0.25, 0.3) is 0 Å². The van der Waals surface area contributed by atoms with E-state index in [1.807, 2.05) is 42.5 Å². The monoisotopic (exact) mass is 519 g/mol. The minimum Gasteiger partial charge on any atom is -0.497 e. The summed E-state index contributed by atoms with van der Waals surface area (Å²) in [7, 11) is -2.23. The van der Waals surface area contributed by atoms with Gasteiger partial charge in [-0.05, 0) is 42.5 Å². The molecule has 2 aromatic carbocycles. The molecular formula is C26H25N5O5S. The molecule has 4 atom stereocenters. The molecule has 4 heterocycles. The van der Waals surface area contributed by atoms with E-state index in [9.17, 15) is 8.42 Å². The maximum Gasteiger partial charge on any atom is 0.243 e. The van der Waals surface area contributed by atoms with Crippen molar-refractivity contribution in [3.05, 3.63) is 73.1 Å². The summed E-state index contributed by atoms with van der Waals surface area (Å²) in [5, 5.41) is 4.05. The maximum atomic E-state index is 13.3. The van der Waals surface area contributed by atoms with Crippen LogP contribution in [0, 0.1) is 0 Å². The summed E-state index contributed by atoms with van der Waals surface area (Å²) in [4.78, 5) is 13.4. The highest BCUT2D eigenvalue weighted by molar-refractivity contribution is 7.89. The Morgan fingerprint density at radius 1 is 0.892 bits per heavy atom. The number of ether oxygens (including phenoxy) is 3. The van der Waals surface area contributed by atoms with E-state index in [2.05, 4.69) is 25.0 Å². The van der Waals surface area contributed by atoms with Crippen molar-refractivity contribution in [2.24, 2.45) is 0 Å². The van der Waals surface area contributed by atoms with Crippen molar-refractivity contribution in [2.45, 2.75) is 29.2 Å². The van der Waals surface area contributed by atoms with Gasteiger partial charge in [0.05, 0.1) is 43.6 Å². The molecule has 0 aliphatic carbocycles. The van der Waals surface area contributed by atoms with Crippen molar-refractivity contribution < 1.29 is 22.6 Å². The number of aromatic nitrogens is 3. The van der Waals surface area contributed by atoms with Crippen molar-refractivity contribution in [3.8, 4) is 17.0 Å². The van der Waals surface area contributed by atoms with Gasteiger partial charge in [-0.3, -0.25) is 4.98 Å². The number of para-hydroxylation sites is 1. The molecule has 11 heteroatoms. The van der Waals surface area contributed by atoms with Gasteiger partial charge >= 0.3 is 0 Å². The van der Waals surface area contributed by atoms with Crippen molar-refractivity contribution in [1.82, 2.24) is 19.7 Å². The molecule has 4 aromatic rings. The fourth-order valence-corrected chi connectivity index (χ4v) is 6.21. The number of rotatable bonds is 7. The molecule has 0 radical (unpaired) electrons. The lowest BCUT2D eigenvalue weighted by atomic mass is 10.1. The summed E-state index contributed by atoms with van der Waals surface area (Å²) in [6, 6.07) is 17.4. The van der Waals surface area contributed by atoms with Crippen molar-refractivity contribution in [2.75, 3.05) is 25.6 Å². The maximum absolute atomic E-state index is 13.3. The smallest absolute Gasteiger partial charge is 0.243 e. The minimum absolute atomic E-state index is 0.130. The summed E-state index contributed by atoms with van der Waals surface area (Å²) < 4.78 is 46.5. The summed E-state index contributed by atoms with van der Waals surface area (Å²) in [6.45, 7) is 0.525. The van der Waals surface area contributed by atoms with Gasteiger partial charge in [0.1, 0.15) is 22.9 Å². The number of methoxy groups -OCH3 is 1. The van der Waals surface area contributed by atoms with Crippen LogP contribution in [-0.4, -0.2) is 68.0 Å².